The fourth-order valence-corrected chi connectivity index (χ4v) is 2.95. The van der Waals surface area contributed by atoms with Crippen molar-refractivity contribution in [2.75, 3.05) is 47.4 Å². The Labute approximate surface area is 140 Å². The number of nitrogens with one attached hydrogen (secondary N) is 2. The Bertz CT molecular complexity index is 496. The molecule has 1 aliphatic heterocycles. The van der Waals surface area contributed by atoms with Crippen LogP contribution in [0.15, 0.2) is 29.3 Å². The molecule has 23 heavy (non-hydrogen) atoms. The van der Waals surface area contributed by atoms with Gasteiger partial charge >= 0.3 is 0 Å². The number of methoxy groups -OCH3 is 1. The fourth-order valence-electron chi connectivity index (χ4n) is 2.95. The Morgan fingerprint density at radius 3 is 2.70 bits per heavy atom. The summed E-state index contributed by atoms with van der Waals surface area (Å²) in [5.74, 6) is 2.58. The summed E-state index contributed by atoms with van der Waals surface area (Å²) in [6, 6.07) is 8.15. The number of hydrogen-bond donors (Lipinski definition) is 2. The molecule has 1 heterocycles. The maximum atomic E-state index is 5.39. The van der Waals surface area contributed by atoms with Crippen LogP contribution in [-0.4, -0.2) is 58.2 Å². The SMILES string of the molecule is CN=C(NCCc1ccccc1OC)NCC1CCN(C)CC1. The van der Waals surface area contributed by atoms with Crippen molar-refractivity contribution >= 4 is 5.96 Å². The van der Waals surface area contributed by atoms with Crippen LogP contribution < -0.4 is 15.4 Å². The molecular formula is C18H30N4O. The minimum atomic E-state index is 0.749. The van der Waals surface area contributed by atoms with E-state index in [2.05, 4.69) is 33.6 Å². The van der Waals surface area contributed by atoms with E-state index in [4.69, 9.17) is 4.74 Å². The highest BCUT2D eigenvalue weighted by Crippen LogP contribution is 2.17. The Balaban J connectivity index is 1.71. The van der Waals surface area contributed by atoms with Crippen LogP contribution in [-0.2, 0) is 6.42 Å². The zero-order valence-corrected chi connectivity index (χ0v) is 14.6. The molecule has 0 aliphatic carbocycles. The first-order chi connectivity index (χ1) is 11.2. The minimum Gasteiger partial charge on any atom is -0.496 e. The molecule has 1 aromatic rings. The van der Waals surface area contributed by atoms with E-state index in [1.54, 1.807) is 7.11 Å². The highest BCUT2D eigenvalue weighted by molar-refractivity contribution is 5.79. The number of guanidine groups is 1. The van der Waals surface area contributed by atoms with Gasteiger partial charge in [-0.1, -0.05) is 18.2 Å². The minimum absolute atomic E-state index is 0.749. The van der Waals surface area contributed by atoms with Gasteiger partial charge in [-0.3, -0.25) is 4.99 Å². The van der Waals surface area contributed by atoms with Gasteiger partial charge in [0, 0.05) is 20.1 Å². The van der Waals surface area contributed by atoms with Gasteiger partial charge in [0.05, 0.1) is 7.11 Å². The van der Waals surface area contributed by atoms with Crippen molar-refractivity contribution in [2.45, 2.75) is 19.3 Å². The number of piperidine rings is 1. The number of benzene rings is 1. The highest BCUT2D eigenvalue weighted by atomic mass is 16.5. The Morgan fingerprint density at radius 2 is 2.00 bits per heavy atom. The Morgan fingerprint density at radius 1 is 1.26 bits per heavy atom. The molecule has 0 radical (unpaired) electrons. The number of likely N-dealkylation sites (tertiary alicyclic amines) is 1. The summed E-state index contributed by atoms with van der Waals surface area (Å²) in [7, 11) is 5.74. The van der Waals surface area contributed by atoms with E-state index >= 15 is 0 Å². The van der Waals surface area contributed by atoms with Gasteiger partial charge in [0.25, 0.3) is 0 Å². The first-order valence-electron chi connectivity index (χ1n) is 8.48. The maximum Gasteiger partial charge on any atom is 0.190 e. The Hall–Kier alpha value is -1.75. The molecule has 1 saturated heterocycles. The third kappa shape index (κ3) is 5.75. The van der Waals surface area contributed by atoms with Crippen molar-refractivity contribution in [3.63, 3.8) is 0 Å². The van der Waals surface area contributed by atoms with Gasteiger partial charge < -0.3 is 20.3 Å². The molecule has 1 aromatic carbocycles. The summed E-state index contributed by atoms with van der Waals surface area (Å²) in [6.45, 7) is 4.24. The third-order valence-corrected chi connectivity index (χ3v) is 4.50. The predicted molar refractivity (Wildman–Crippen MR) is 96.3 cm³/mol. The second-order valence-electron chi connectivity index (χ2n) is 6.19. The van der Waals surface area contributed by atoms with E-state index in [0.717, 1.165) is 37.1 Å². The summed E-state index contributed by atoms with van der Waals surface area (Å²) < 4.78 is 5.39. The summed E-state index contributed by atoms with van der Waals surface area (Å²) in [5.41, 5.74) is 1.22. The zero-order valence-electron chi connectivity index (χ0n) is 14.6. The Kier molecular flexibility index (Phi) is 7.20. The van der Waals surface area contributed by atoms with Crippen LogP contribution in [0.3, 0.4) is 0 Å². The van der Waals surface area contributed by atoms with Crippen molar-refractivity contribution in [2.24, 2.45) is 10.9 Å². The van der Waals surface area contributed by atoms with Crippen LogP contribution in [0.1, 0.15) is 18.4 Å². The molecular weight excluding hydrogens is 288 g/mol. The number of aliphatic imine (C=N–C) groups is 1. The maximum absolute atomic E-state index is 5.39. The second-order valence-corrected chi connectivity index (χ2v) is 6.19. The van der Waals surface area contributed by atoms with Crippen LogP contribution in [0, 0.1) is 5.92 Å². The van der Waals surface area contributed by atoms with E-state index in [1.807, 2.05) is 25.2 Å². The molecule has 1 fully saturated rings. The molecule has 0 spiro atoms. The molecule has 0 amide bonds. The molecule has 0 aromatic heterocycles. The van der Waals surface area contributed by atoms with E-state index < -0.39 is 0 Å². The van der Waals surface area contributed by atoms with Gasteiger partial charge in [-0.2, -0.15) is 0 Å². The van der Waals surface area contributed by atoms with Gasteiger partial charge in [-0.25, -0.2) is 0 Å². The van der Waals surface area contributed by atoms with E-state index in [-0.39, 0.29) is 0 Å². The molecule has 2 rings (SSSR count). The van der Waals surface area contributed by atoms with Crippen LogP contribution in [0.4, 0.5) is 0 Å². The topological polar surface area (TPSA) is 48.9 Å². The van der Waals surface area contributed by atoms with Gasteiger partial charge in [0.1, 0.15) is 5.75 Å². The molecule has 1 aliphatic rings. The van der Waals surface area contributed by atoms with Gasteiger partial charge in [0.2, 0.25) is 0 Å². The van der Waals surface area contributed by atoms with E-state index in [0.29, 0.717) is 0 Å². The van der Waals surface area contributed by atoms with Crippen molar-refractivity contribution < 1.29 is 4.74 Å². The first-order valence-corrected chi connectivity index (χ1v) is 8.48. The molecule has 128 valence electrons. The fraction of sp³-hybridized carbons (Fsp3) is 0.611. The van der Waals surface area contributed by atoms with E-state index in [9.17, 15) is 0 Å². The molecule has 0 unspecified atom stereocenters. The molecule has 5 nitrogen and oxygen atoms in total. The largest absolute Gasteiger partial charge is 0.496 e. The lowest BCUT2D eigenvalue weighted by molar-refractivity contribution is 0.220. The number of ether oxygens (including phenoxy) is 1. The van der Waals surface area contributed by atoms with Crippen molar-refractivity contribution in [3.8, 4) is 5.75 Å². The lowest BCUT2D eigenvalue weighted by atomic mass is 9.97. The molecule has 0 atom stereocenters. The summed E-state index contributed by atoms with van der Waals surface area (Å²) in [4.78, 5) is 6.71. The molecule has 0 bridgehead atoms. The van der Waals surface area contributed by atoms with Crippen LogP contribution >= 0.6 is 0 Å². The zero-order chi connectivity index (χ0) is 16.5. The van der Waals surface area contributed by atoms with Crippen molar-refractivity contribution in [3.05, 3.63) is 29.8 Å². The van der Waals surface area contributed by atoms with Crippen molar-refractivity contribution in [1.82, 2.24) is 15.5 Å². The number of hydrogen-bond acceptors (Lipinski definition) is 3. The summed E-state index contributed by atoms with van der Waals surface area (Å²) in [6.07, 6.45) is 3.45. The third-order valence-electron chi connectivity index (χ3n) is 4.50. The van der Waals surface area contributed by atoms with Gasteiger partial charge in [0.15, 0.2) is 5.96 Å². The van der Waals surface area contributed by atoms with E-state index in [1.165, 1.54) is 31.5 Å². The lowest BCUT2D eigenvalue weighted by Gasteiger charge is -2.29. The van der Waals surface area contributed by atoms with Crippen LogP contribution in [0.25, 0.3) is 0 Å². The van der Waals surface area contributed by atoms with Crippen LogP contribution in [0.2, 0.25) is 0 Å². The molecule has 0 saturated carbocycles. The average Bonchev–Trinajstić information content (AvgIpc) is 2.59. The highest BCUT2D eigenvalue weighted by Gasteiger charge is 2.16. The number of para-hydroxylation sites is 1. The van der Waals surface area contributed by atoms with Crippen molar-refractivity contribution in [1.29, 1.82) is 0 Å². The predicted octanol–water partition coefficient (Wildman–Crippen LogP) is 1.74. The smallest absolute Gasteiger partial charge is 0.190 e. The monoisotopic (exact) mass is 318 g/mol. The lowest BCUT2D eigenvalue weighted by Crippen LogP contribution is -2.42. The van der Waals surface area contributed by atoms with Crippen LogP contribution in [0.5, 0.6) is 5.75 Å². The quantitative estimate of drug-likeness (QED) is 0.620. The van der Waals surface area contributed by atoms with Gasteiger partial charge in [-0.05, 0) is 56.9 Å². The number of rotatable bonds is 6. The second kappa shape index (κ2) is 9.40. The summed E-state index contributed by atoms with van der Waals surface area (Å²) in [5, 5.41) is 6.85. The van der Waals surface area contributed by atoms with Gasteiger partial charge in [-0.15, -0.1) is 0 Å². The standard InChI is InChI=1S/C18H30N4O/c1-19-18(21-14-15-9-12-22(2)13-10-15)20-11-8-16-6-4-5-7-17(16)23-3/h4-7,15H,8-14H2,1-3H3,(H2,19,20,21). The molecule has 5 heteroatoms. The average molecular weight is 318 g/mol. The number of nitrogens with zero attached hydrogens (tertiary/aromatic N) is 2. The molecule has 2 N–H and O–H groups in total. The normalized spacial score (nSPS) is 17.1. The summed E-state index contributed by atoms with van der Waals surface area (Å²) >= 11 is 0. The first kappa shape index (κ1) is 17.6.